The van der Waals surface area contributed by atoms with Crippen molar-refractivity contribution in [1.82, 2.24) is 47.0 Å². The summed E-state index contributed by atoms with van der Waals surface area (Å²) in [5.41, 5.74) is 11.9. The molecule has 15 N–H and O–H groups in total. The smallest absolute Gasteiger partial charge is 0.246 e. The topological polar surface area (TPSA) is 394 Å². The molecule has 2 saturated heterocycles. The number of aromatic hydroxyl groups is 1. The number of nitrogens with two attached hydrogens (primary N) is 2. The summed E-state index contributed by atoms with van der Waals surface area (Å²) in [5, 5.41) is 60.8. The van der Waals surface area contributed by atoms with Crippen molar-refractivity contribution in [3.63, 3.8) is 0 Å². The highest BCUT2D eigenvalue weighted by molar-refractivity contribution is 7.99. The number of aliphatic hydroxyl groups excluding tert-OH is 3. The second-order valence-electron chi connectivity index (χ2n) is 19.0. The van der Waals surface area contributed by atoms with Crippen molar-refractivity contribution in [3.8, 4) is 5.75 Å². The van der Waals surface area contributed by atoms with Gasteiger partial charge in [0.15, 0.2) is 0 Å². The standard InChI is InChI=1S/C47H69N11O14S/c1-5-22(2)40-45(70)51-16-37(64)52-31-14-28-27(6-7-34(61)29(28)21-73-26-9-11-57(19-26)39(66)8-10-48)23(3)12-30(42(67)50-17-38(65)55-40)53-46(71)41(24(4)35(62)20-59)56-44(69)33-13-25(60)18-58(33)47(72)32(15-36(49)63)54-43(31)68/h6-7,22,24-26,30-33,35,40-41,59-62H,3,5,8-21,48H2,1-2,4H3,(H2,49,63)(H,50,67)(H,51,70)(H,52,64)(H,53,71)(H,54,68)(H,55,65)(H,56,69)/t22-,24-,25+,26?,30-,31-,32?,33-,35?,40?,41?/m0/s1. The summed E-state index contributed by atoms with van der Waals surface area (Å²) in [4.78, 5) is 141. The first-order valence-electron chi connectivity index (χ1n) is 24.3. The second kappa shape index (κ2) is 26.0. The van der Waals surface area contributed by atoms with Crippen molar-refractivity contribution in [2.45, 2.75) is 125 Å². The van der Waals surface area contributed by atoms with Crippen LogP contribution in [0.4, 0.5) is 0 Å². The van der Waals surface area contributed by atoms with Crippen LogP contribution >= 0.6 is 11.8 Å². The molecule has 0 aliphatic carbocycles. The molecule has 402 valence electrons. The van der Waals surface area contributed by atoms with Gasteiger partial charge in [0.2, 0.25) is 59.1 Å². The van der Waals surface area contributed by atoms with Crippen molar-refractivity contribution < 1.29 is 68.4 Å². The Labute approximate surface area is 426 Å². The molecule has 5 unspecified atom stereocenters. The van der Waals surface area contributed by atoms with Gasteiger partial charge in [-0.3, -0.25) is 47.9 Å². The number of carbonyl (C=O) groups excluding carboxylic acids is 10. The molecule has 25 nitrogen and oxygen atoms in total. The second-order valence-corrected chi connectivity index (χ2v) is 20.3. The van der Waals surface area contributed by atoms with Crippen molar-refractivity contribution in [1.29, 1.82) is 0 Å². The van der Waals surface area contributed by atoms with E-state index < -0.39 is 165 Å². The minimum Gasteiger partial charge on any atom is -0.508 e. The number of nitrogens with zero attached hydrogens (tertiary/aromatic N) is 2. The van der Waals surface area contributed by atoms with Crippen LogP contribution in [0.1, 0.15) is 76.0 Å². The zero-order chi connectivity index (χ0) is 53.8. The number of rotatable bonds is 12. The number of aliphatic hydroxyl groups is 3. The van der Waals surface area contributed by atoms with Crippen molar-refractivity contribution >= 4 is 76.4 Å². The van der Waals surface area contributed by atoms with Gasteiger partial charge in [-0.1, -0.05) is 39.8 Å². The number of hydrogen-bond donors (Lipinski definition) is 13. The first-order valence-corrected chi connectivity index (χ1v) is 25.3. The zero-order valence-corrected chi connectivity index (χ0v) is 42.0. The predicted molar refractivity (Wildman–Crippen MR) is 263 cm³/mol. The van der Waals surface area contributed by atoms with Gasteiger partial charge in [-0.15, -0.1) is 0 Å². The quantitative estimate of drug-likeness (QED) is 0.0933. The molecule has 10 amide bonds. The molecule has 4 aliphatic rings. The maximum Gasteiger partial charge on any atom is 0.246 e. The molecule has 4 heterocycles. The number of amides is 10. The van der Waals surface area contributed by atoms with Gasteiger partial charge in [-0.2, -0.15) is 11.8 Å². The van der Waals surface area contributed by atoms with E-state index in [1.165, 1.54) is 30.8 Å². The van der Waals surface area contributed by atoms with E-state index in [1.807, 2.05) is 0 Å². The van der Waals surface area contributed by atoms with E-state index >= 15 is 0 Å². The van der Waals surface area contributed by atoms with Crippen LogP contribution in [0, 0.1) is 11.8 Å². The summed E-state index contributed by atoms with van der Waals surface area (Å²) >= 11 is 1.38. The zero-order valence-electron chi connectivity index (χ0n) is 41.1. The molecule has 2 bridgehead atoms. The van der Waals surface area contributed by atoms with Gasteiger partial charge in [0.05, 0.1) is 38.3 Å². The number of hydrogen-bond acceptors (Lipinski definition) is 16. The molecule has 0 radical (unpaired) electrons. The fourth-order valence-electron chi connectivity index (χ4n) is 9.21. The Morgan fingerprint density at radius 3 is 2.19 bits per heavy atom. The van der Waals surface area contributed by atoms with Crippen molar-refractivity contribution in [2.75, 3.05) is 45.9 Å². The number of phenols is 1. The van der Waals surface area contributed by atoms with Crippen LogP contribution < -0.4 is 48.7 Å². The molecule has 1 aromatic carbocycles. The Morgan fingerprint density at radius 1 is 0.863 bits per heavy atom. The first kappa shape index (κ1) is 57.5. The van der Waals surface area contributed by atoms with Crippen LogP contribution in [-0.2, 0) is 60.1 Å². The molecule has 2 fully saturated rings. The fourth-order valence-corrected chi connectivity index (χ4v) is 10.5. The molecule has 73 heavy (non-hydrogen) atoms. The third kappa shape index (κ3) is 14.9. The lowest BCUT2D eigenvalue weighted by atomic mass is 9.88. The van der Waals surface area contributed by atoms with E-state index in [0.717, 1.165) is 4.90 Å². The highest BCUT2D eigenvalue weighted by atomic mass is 32.2. The summed E-state index contributed by atoms with van der Waals surface area (Å²) in [7, 11) is 0. The molecule has 5 rings (SSSR count). The lowest BCUT2D eigenvalue weighted by Crippen LogP contribution is -2.61. The van der Waals surface area contributed by atoms with E-state index in [9.17, 15) is 68.4 Å². The molecule has 0 aromatic heterocycles. The maximum atomic E-state index is 14.8. The molecule has 1 aromatic rings. The summed E-state index contributed by atoms with van der Waals surface area (Å²) in [5.74, 6) is -11.0. The molecule has 0 saturated carbocycles. The van der Waals surface area contributed by atoms with Crippen LogP contribution in [0.5, 0.6) is 5.75 Å². The highest BCUT2D eigenvalue weighted by Gasteiger charge is 2.45. The molecule has 26 heteroatoms. The van der Waals surface area contributed by atoms with Gasteiger partial charge >= 0.3 is 0 Å². The summed E-state index contributed by atoms with van der Waals surface area (Å²) in [6.07, 6.45) is -4.07. The van der Waals surface area contributed by atoms with Gasteiger partial charge < -0.3 is 78.9 Å². The Bertz CT molecular complexity index is 2300. The average Bonchev–Trinajstić information content (AvgIpc) is 4.00. The van der Waals surface area contributed by atoms with Gasteiger partial charge in [0, 0.05) is 74.3 Å². The lowest BCUT2D eigenvalue weighted by molar-refractivity contribution is -0.144. The molecular weight excluding hydrogens is 975 g/mol. The number of fused-ring (bicyclic) bond motifs is 4. The van der Waals surface area contributed by atoms with Gasteiger partial charge in [-0.25, -0.2) is 0 Å². The number of carbonyl (C=O) groups is 10. The number of likely N-dealkylation sites (tertiary alicyclic amines) is 1. The normalized spacial score (nSPS) is 27.5. The Morgan fingerprint density at radius 2 is 1.53 bits per heavy atom. The average molecular weight is 1040 g/mol. The third-order valence-electron chi connectivity index (χ3n) is 13.7. The highest BCUT2D eigenvalue weighted by Crippen LogP contribution is 2.37. The van der Waals surface area contributed by atoms with Gasteiger partial charge in [0.25, 0.3) is 0 Å². The van der Waals surface area contributed by atoms with Crippen LogP contribution in [-0.4, -0.2) is 189 Å². The summed E-state index contributed by atoms with van der Waals surface area (Å²) in [6.45, 7) is 7.12. The Kier molecular flexibility index (Phi) is 20.5. The molecule has 4 aliphatic heterocycles. The van der Waals surface area contributed by atoms with Crippen LogP contribution in [0.15, 0.2) is 18.7 Å². The maximum absolute atomic E-state index is 14.8. The van der Waals surface area contributed by atoms with E-state index in [2.05, 4.69) is 43.8 Å². The fraction of sp³-hybridized carbons (Fsp3) is 0.617. The van der Waals surface area contributed by atoms with E-state index in [1.54, 1.807) is 18.7 Å². The number of thioether (sulfide) groups is 1. The minimum absolute atomic E-state index is 0.0465. The Balaban J connectivity index is 1.73. The number of phenolic OH excluding ortho intramolecular Hbond substituents is 1. The van der Waals surface area contributed by atoms with Crippen molar-refractivity contribution in [3.05, 3.63) is 35.4 Å². The van der Waals surface area contributed by atoms with Crippen LogP contribution in [0.25, 0.3) is 5.57 Å². The monoisotopic (exact) mass is 1040 g/mol. The lowest BCUT2D eigenvalue weighted by Gasteiger charge is -2.33. The van der Waals surface area contributed by atoms with Crippen LogP contribution in [0.2, 0.25) is 0 Å². The van der Waals surface area contributed by atoms with Gasteiger partial charge in [0.1, 0.15) is 42.0 Å². The summed E-state index contributed by atoms with van der Waals surface area (Å²) < 4.78 is 0. The minimum atomic E-state index is -1.83. The number of primary amides is 1. The third-order valence-corrected chi connectivity index (χ3v) is 15.0. The number of nitrogens with one attached hydrogen (secondary N) is 7. The predicted octanol–water partition coefficient (Wildman–Crippen LogP) is -4.92. The SMILES string of the molecule is C=C1C[C@@H]2NC(=O)C([C@@H](C)C(O)CO)NC(=O)[C@@H]3C[C@@H](O)CN3C(=O)C(CC(N)=O)NC(=O)[C@H](Cc3c1ccc(O)c3CSC1CCN(C(=O)CCN)C1)NC(=O)CNC(=O)C([C@@H](C)CC)NC(=O)CNC2=O. The van der Waals surface area contributed by atoms with Gasteiger partial charge in [-0.05, 0) is 35.1 Å². The molecular formula is C47H69N11O14S. The van der Waals surface area contributed by atoms with E-state index in [4.69, 9.17) is 11.5 Å². The largest absolute Gasteiger partial charge is 0.508 e. The summed E-state index contributed by atoms with van der Waals surface area (Å²) in [6, 6.07) is -6.97. The first-order chi connectivity index (χ1) is 34.6. The van der Waals surface area contributed by atoms with E-state index in [0.29, 0.717) is 25.9 Å². The molecule has 11 atom stereocenters. The number of benzene rings is 1. The van der Waals surface area contributed by atoms with E-state index in [-0.39, 0.29) is 57.9 Å². The Hall–Kier alpha value is -6.35. The van der Waals surface area contributed by atoms with Crippen LogP contribution in [0.3, 0.4) is 0 Å². The van der Waals surface area contributed by atoms with Crippen molar-refractivity contribution in [2.24, 2.45) is 23.3 Å². The molecule has 0 spiro atoms.